The van der Waals surface area contributed by atoms with E-state index in [9.17, 15) is 0 Å². The fraction of sp³-hybridized carbons (Fsp3) is 0.300. The van der Waals surface area contributed by atoms with Crippen LogP contribution in [0.15, 0.2) is 18.3 Å². The highest BCUT2D eigenvalue weighted by Crippen LogP contribution is 2.25. The summed E-state index contributed by atoms with van der Waals surface area (Å²) in [5.74, 6) is 0.882. The predicted molar refractivity (Wildman–Crippen MR) is 57.5 cm³/mol. The van der Waals surface area contributed by atoms with Gasteiger partial charge >= 0.3 is 0 Å². The topological polar surface area (TPSA) is 43.3 Å². The minimum atomic E-state index is -0.0349. The van der Waals surface area contributed by atoms with Crippen LogP contribution in [0.3, 0.4) is 0 Å². The normalized spacial score (nSPS) is 13.4. The van der Waals surface area contributed by atoms with Crippen molar-refractivity contribution in [3.8, 4) is 0 Å². The Morgan fingerprint density at radius 2 is 2.29 bits per heavy atom. The van der Waals surface area contributed by atoms with Gasteiger partial charge in [0, 0.05) is 12.2 Å². The molecule has 2 aromatic heterocycles. The van der Waals surface area contributed by atoms with Gasteiger partial charge in [0.2, 0.25) is 0 Å². The molecule has 3 nitrogen and oxygen atoms in total. The van der Waals surface area contributed by atoms with E-state index >= 15 is 0 Å². The Labute approximate surface area is 87.5 Å². The van der Waals surface area contributed by atoms with Gasteiger partial charge in [0.1, 0.15) is 5.82 Å². The van der Waals surface area contributed by atoms with Crippen molar-refractivity contribution in [1.82, 2.24) is 9.38 Å². The minimum Gasteiger partial charge on any atom is -0.324 e. The number of fused-ring (bicyclic) bond motifs is 1. The van der Waals surface area contributed by atoms with Crippen LogP contribution < -0.4 is 5.73 Å². The van der Waals surface area contributed by atoms with Gasteiger partial charge in [0.05, 0.1) is 5.52 Å². The van der Waals surface area contributed by atoms with Crippen molar-refractivity contribution in [3.05, 3.63) is 34.9 Å². The first-order valence-electron chi connectivity index (χ1n) is 4.50. The Morgan fingerprint density at radius 1 is 1.57 bits per heavy atom. The van der Waals surface area contributed by atoms with Crippen molar-refractivity contribution in [1.29, 1.82) is 0 Å². The largest absolute Gasteiger partial charge is 0.324 e. The molecule has 2 N–H and O–H groups in total. The molecule has 0 aliphatic carbocycles. The molecule has 4 heteroatoms. The Kier molecular flexibility index (Phi) is 2.21. The second kappa shape index (κ2) is 3.26. The summed E-state index contributed by atoms with van der Waals surface area (Å²) >= 11 is 6.04. The predicted octanol–water partition coefficient (Wildman–Crippen LogP) is 2.32. The van der Waals surface area contributed by atoms with Gasteiger partial charge in [-0.2, -0.15) is 0 Å². The maximum absolute atomic E-state index is 6.04. The molecule has 74 valence electrons. The molecule has 0 saturated heterocycles. The molecule has 0 aliphatic rings. The number of aryl methyl sites for hydroxylation is 1. The summed E-state index contributed by atoms with van der Waals surface area (Å²) < 4.78 is 1.96. The summed E-state index contributed by atoms with van der Waals surface area (Å²) in [6, 6.07) is 3.90. The lowest BCUT2D eigenvalue weighted by Crippen LogP contribution is -2.06. The number of halogens is 1. The van der Waals surface area contributed by atoms with Crippen LogP contribution in [0.1, 0.15) is 24.4 Å². The zero-order valence-corrected chi connectivity index (χ0v) is 8.92. The smallest absolute Gasteiger partial charge is 0.155 e. The molecule has 2 heterocycles. The van der Waals surface area contributed by atoms with Gasteiger partial charge in [-0.3, -0.25) is 0 Å². The van der Waals surface area contributed by atoms with E-state index in [0.717, 1.165) is 16.9 Å². The molecule has 0 saturated carbocycles. The van der Waals surface area contributed by atoms with E-state index in [1.54, 1.807) is 0 Å². The number of hydrogen-bond donors (Lipinski definition) is 1. The van der Waals surface area contributed by atoms with Gasteiger partial charge in [0.15, 0.2) is 5.15 Å². The molecule has 0 spiro atoms. The van der Waals surface area contributed by atoms with Crippen LogP contribution in [0.5, 0.6) is 0 Å². The summed E-state index contributed by atoms with van der Waals surface area (Å²) in [5, 5.41) is 0.524. The van der Waals surface area contributed by atoms with Crippen LogP contribution in [0.25, 0.3) is 5.52 Å². The number of hydrogen-bond acceptors (Lipinski definition) is 2. The highest BCUT2D eigenvalue weighted by atomic mass is 35.5. The van der Waals surface area contributed by atoms with Gasteiger partial charge < -0.3 is 10.1 Å². The van der Waals surface area contributed by atoms with Crippen LogP contribution in [-0.2, 0) is 0 Å². The monoisotopic (exact) mass is 209 g/mol. The third-order valence-electron chi connectivity index (χ3n) is 2.32. The van der Waals surface area contributed by atoms with E-state index in [4.69, 9.17) is 17.3 Å². The average Bonchev–Trinajstić information content (AvgIpc) is 2.43. The number of nitrogens with zero attached hydrogens (tertiary/aromatic N) is 2. The fourth-order valence-corrected chi connectivity index (χ4v) is 1.95. The number of imidazole rings is 1. The highest BCUT2D eigenvalue weighted by Gasteiger charge is 2.12. The van der Waals surface area contributed by atoms with E-state index in [0.29, 0.717) is 5.15 Å². The number of pyridine rings is 1. The molecule has 0 amide bonds. The minimum absolute atomic E-state index is 0.0349. The van der Waals surface area contributed by atoms with Gasteiger partial charge in [0.25, 0.3) is 0 Å². The highest BCUT2D eigenvalue weighted by molar-refractivity contribution is 6.32. The Balaban J connectivity index is 2.85. The van der Waals surface area contributed by atoms with Gasteiger partial charge in [-0.15, -0.1) is 0 Å². The summed E-state index contributed by atoms with van der Waals surface area (Å²) in [5.41, 5.74) is 7.80. The molecule has 1 unspecified atom stereocenters. The summed E-state index contributed by atoms with van der Waals surface area (Å²) in [6.07, 6.45) is 1.94. The molecule has 1 atom stereocenters. The molecule has 14 heavy (non-hydrogen) atoms. The number of aromatic nitrogens is 2. The molecule has 0 radical (unpaired) electrons. The lowest BCUT2D eigenvalue weighted by atomic mass is 10.1. The first-order chi connectivity index (χ1) is 6.61. The van der Waals surface area contributed by atoms with Crippen molar-refractivity contribution in [2.24, 2.45) is 5.73 Å². The van der Waals surface area contributed by atoms with Crippen molar-refractivity contribution < 1.29 is 0 Å². The third-order valence-corrected chi connectivity index (χ3v) is 2.58. The molecule has 0 bridgehead atoms. The molecule has 2 rings (SSSR count). The summed E-state index contributed by atoms with van der Waals surface area (Å²) in [7, 11) is 0. The zero-order valence-electron chi connectivity index (χ0n) is 8.16. The van der Waals surface area contributed by atoms with Crippen LogP contribution >= 0.6 is 11.6 Å². The standard InChI is InChI=1S/C10H12ClN3/c1-6(12)8-4-3-5-14-7(2)13-10(11)9(8)14/h3-6H,12H2,1-2H3. The van der Waals surface area contributed by atoms with Gasteiger partial charge in [-0.25, -0.2) is 4.98 Å². The SMILES string of the molecule is Cc1nc(Cl)c2c(C(C)N)cccn12. The van der Waals surface area contributed by atoms with Crippen molar-refractivity contribution in [2.45, 2.75) is 19.9 Å². The first kappa shape index (κ1) is 9.49. The van der Waals surface area contributed by atoms with E-state index in [1.807, 2.05) is 36.6 Å². The fourth-order valence-electron chi connectivity index (χ4n) is 1.63. The maximum Gasteiger partial charge on any atom is 0.155 e. The van der Waals surface area contributed by atoms with Crippen molar-refractivity contribution in [2.75, 3.05) is 0 Å². The Hall–Kier alpha value is -1.06. The van der Waals surface area contributed by atoms with E-state index in [-0.39, 0.29) is 6.04 Å². The first-order valence-corrected chi connectivity index (χ1v) is 4.87. The molecular formula is C10H12ClN3. The van der Waals surface area contributed by atoms with Crippen molar-refractivity contribution in [3.63, 3.8) is 0 Å². The lowest BCUT2D eigenvalue weighted by molar-refractivity contribution is 0.818. The van der Waals surface area contributed by atoms with E-state index < -0.39 is 0 Å². The van der Waals surface area contributed by atoms with Crippen molar-refractivity contribution >= 4 is 17.1 Å². The van der Waals surface area contributed by atoms with Crippen LogP contribution in [0.4, 0.5) is 0 Å². The summed E-state index contributed by atoms with van der Waals surface area (Å²) in [6.45, 7) is 3.86. The molecular weight excluding hydrogens is 198 g/mol. The molecule has 2 aromatic rings. The Morgan fingerprint density at radius 3 is 2.93 bits per heavy atom. The Bertz CT molecular complexity index is 473. The van der Waals surface area contributed by atoms with Crippen LogP contribution in [0.2, 0.25) is 5.15 Å². The van der Waals surface area contributed by atoms with E-state index in [1.165, 1.54) is 0 Å². The summed E-state index contributed by atoms with van der Waals surface area (Å²) in [4.78, 5) is 4.21. The molecule has 0 aliphatic heterocycles. The zero-order chi connectivity index (χ0) is 10.3. The van der Waals surface area contributed by atoms with Gasteiger partial charge in [-0.05, 0) is 25.5 Å². The molecule has 0 fully saturated rings. The number of rotatable bonds is 1. The van der Waals surface area contributed by atoms with E-state index in [2.05, 4.69) is 4.98 Å². The van der Waals surface area contributed by atoms with Gasteiger partial charge in [-0.1, -0.05) is 17.7 Å². The maximum atomic E-state index is 6.04. The van der Waals surface area contributed by atoms with Crippen LogP contribution in [0, 0.1) is 6.92 Å². The molecule has 0 aromatic carbocycles. The quantitative estimate of drug-likeness (QED) is 0.784. The average molecular weight is 210 g/mol. The second-order valence-electron chi connectivity index (χ2n) is 3.42. The number of nitrogens with two attached hydrogens (primary N) is 1. The second-order valence-corrected chi connectivity index (χ2v) is 3.78. The van der Waals surface area contributed by atoms with Crippen LogP contribution in [-0.4, -0.2) is 9.38 Å². The lowest BCUT2D eigenvalue weighted by Gasteiger charge is -2.08. The third kappa shape index (κ3) is 1.29.